The van der Waals surface area contributed by atoms with Crippen LogP contribution in [-0.2, 0) is 0 Å². The molecule has 0 aliphatic carbocycles. The highest BCUT2D eigenvalue weighted by atomic mass is 15.1. The van der Waals surface area contributed by atoms with Crippen LogP contribution in [0.3, 0.4) is 0 Å². The van der Waals surface area contributed by atoms with Crippen LogP contribution in [0.4, 0.5) is 0 Å². The van der Waals surface area contributed by atoms with Gasteiger partial charge < -0.3 is 4.90 Å². The molecule has 0 bridgehead atoms. The third-order valence-electron chi connectivity index (χ3n) is 3.08. The fourth-order valence-electron chi connectivity index (χ4n) is 2.09. The van der Waals surface area contributed by atoms with Crippen LogP contribution in [0.15, 0.2) is 12.3 Å². The molecule has 1 heteroatoms. The zero-order valence-electron chi connectivity index (χ0n) is 11.3. The number of hydrogen-bond donors (Lipinski definition) is 0. The molecule has 0 spiro atoms. The summed E-state index contributed by atoms with van der Waals surface area (Å²) in [6, 6.07) is 0. The second kappa shape index (κ2) is 7.78. The fraction of sp³-hybridized carbons (Fsp3) is 0.857. The summed E-state index contributed by atoms with van der Waals surface area (Å²) in [6.45, 7) is 14.3. The third-order valence-corrected chi connectivity index (χ3v) is 3.08. The van der Waals surface area contributed by atoms with E-state index in [9.17, 15) is 0 Å². The first-order valence-electron chi connectivity index (χ1n) is 6.42. The summed E-state index contributed by atoms with van der Waals surface area (Å²) in [7, 11) is 2.18. The minimum Gasteiger partial charge on any atom is -0.378 e. The van der Waals surface area contributed by atoms with Crippen molar-refractivity contribution < 1.29 is 0 Å². The monoisotopic (exact) mass is 211 g/mol. The Bertz CT molecular complexity index is 166. The number of hydrogen-bond acceptors (Lipinski definition) is 1. The molecule has 0 atom stereocenters. The van der Waals surface area contributed by atoms with E-state index in [1.165, 1.54) is 37.9 Å². The standard InChI is InChI=1S/C14H29N/c1-7-9-14(10-8-2)11-15(6)13(5)12(3)4/h12,14H,5,7-11H2,1-4,6H3. The molecule has 1 nitrogen and oxygen atoms in total. The maximum atomic E-state index is 4.15. The van der Waals surface area contributed by atoms with Crippen molar-refractivity contribution in [2.45, 2.75) is 53.4 Å². The summed E-state index contributed by atoms with van der Waals surface area (Å²) >= 11 is 0. The Morgan fingerprint density at radius 2 is 1.60 bits per heavy atom. The van der Waals surface area contributed by atoms with Crippen LogP contribution < -0.4 is 0 Å². The molecule has 0 unspecified atom stereocenters. The van der Waals surface area contributed by atoms with Crippen molar-refractivity contribution in [3.05, 3.63) is 12.3 Å². The smallest absolute Gasteiger partial charge is 0.0199 e. The van der Waals surface area contributed by atoms with Gasteiger partial charge in [-0.1, -0.05) is 47.1 Å². The van der Waals surface area contributed by atoms with E-state index in [0.717, 1.165) is 5.92 Å². The lowest BCUT2D eigenvalue weighted by Crippen LogP contribution is -2.27. The lowest BCUT2D eigenvalue weighted by atomic mass is 9.97. The first-order valence-corrected chi connectivity index (χ1v) is 6.42. The predicted octanol–water partition coefficient (Wildman–Crippen LogP) is 4.30. The molecule has 90 valence electrons. The van der Waals surface area contributed by atoms with E-state index in [4.69, 9.17) is 0 Å². The van der Waals surface area contributed by atoms with E-state index in [0.29, 0.717) is 5.92 Å². The van der Waals surface area contributed by atoms with Crippen molar-refractivity contribution in [1.29, 1.82) is 0 Å². The molecule has 0 saturated carbocycles. The topological polar surface area (TPSA) is 3.24 Å². The summed E-state index contributed by atoms with van der Waals surface area (Å²) in [5, 5.41) is 0. The van der Waals surface area contributed by atoms with Crippen molar-refractivity contribution >= 4 is 0 Å². The maximum Gasteiger partial charge on any atom is 0.0199 e. The van der Waals surface area contributed by atoms with E-state index >= 15 is 0 Å². The van der Waals surface area contributed by atoms with E-state index in [-0.39, 0.29) is 0 Å². The minimum atomic E-state index is 0.568. The lowest BCUT2D eigenvalue weighted by Gasteiger charge is -2.29. The van der Waals surface area contributed by atoms with Crippen molar-refractivity contribution in [3.63, 3.8) is 0 Å². The van der Waals surface area contributed by atoms with Gasteiger partial charge in [-0.25, -0.2) is 0 Å². The number of nitrogens with zero attached hydrogens (tertiary/aromatic N) is 1. The summed E-state index contributed by atoms with van der Waals surface area (Å²) < 4.78 is 0. The Balaban J connectivity index is 4.08. The molecule has 0 aromatic rings. The van der Waals surface area contributed by atoms with Gasteiger partial charge in [0.1, 0.15) is 0 Å². The highest BCUT2D eigenvalue weighted by Gasteiger charge is 2.12. The maximum absolute atomic E-state index is 4.15. The number of allylic oxidation sites excluding steroid dienone is 1. The summed E-state index contributed by atoms with van der Waals surface area (Å²) in [5.74, 6) is 1.42. The van der Waals surface area contributed by atoms with Gasteiger partial charge in [-0.05, 0) is 24.7 Å². The highest BCUT2D eigenvalue weighted by Crippen LogP contribution is 2.18. The van der Waals surface area contributed by atoms with Crippen LogP contribution in [0.2, 0.25) is 0 Å². The fourth-order valence-corrected chi connectivity index (χ4v) is 2.09. The highest BCUT2D eigenvalue weighted by molar-refractivity contribution is 4.95. The largest absolute Gasteiger partial charge is 0.378 e. The minimum absolute atomic E-state index is 0.568. The summed E-state index contributed by atoms with van der Waals surface area (Å²) in [4.78, 5) is 2.35. The van der Waals surface area contributed by atoms with Gasteiger partial charge in [0.05, 0.1) is 0 Å². The van der Waals surface area contributed by atoms with Gasteiger partial charge in [0.2, 0.25) is 0 Å². The van der Waals surface area contributed by atoms with Gasteiger partial charge in [-0.15, -0.1) is 0 Å². The molecule has 0 rings (SSSR count). The SMILES string of the molecule is C=C(C(C)C)N(C)CC(CCC)CCC. The number of rotatable bonds is 8. The Kier molecular flexibility index (Phi) is 7.54. The van der Waals surface area contributed by atoms with E-state index < -0.39 is 0 Å². The molecular weight excluding hydrogens is 182 g/mol. The van der Waals surface area contributed by atoms with Crippen molar-refractivity contribution in [3.8, 4) is 0 Å². The van der Waals surface area contributed by atoms with Gasteiger partial charge in [-0.2, -0.15) is 0 Å². The Hall–Kier alpha value is -0.460. The van der Waals surface area contributed by atoms with E-state index in [1.54, 1.807) is 0 Å². The normalized spacial score (nSPS) is 11.1. The average Bonchev–Trinajstić information content (AvgIpc) is 2.17. The van der Waals surface area contributed by atoms with Crippen LogP contribution in [0, 0.1) is 11.8 Å². The van der Waals surface area contributed by atoms with Crippen LogP contribution in [0.1, 0.15) is 53.4 Å². The third kappa shape index (κ3) is 5.86. The summed E-state index contributed by atoms with van der Waals surface area (Å²) in [6.07, 6.45) is 5.30. The van der Waals surface area contributed by atoms with Crippen LogP contribution in [-0.4, -0.2) is 18.5 Å². The zero-order valence-corrected chi connectivity index (χ0v) is 11.3. The van der Waals surface area contributed by atoms with Crippen LogP contribution in [0.25, 0.3) is 0 Å². The second-order valence-electron chi connectivity index (χ2n) is 4.97. The molecule has 0 aliphatic heterocycles. The van der Waals surface area contributed by atoms with Gasteiger partial charge in [-0.3, -0.25) is 0 Å². The molecule has 0 N–H and O–H groups in total. The van der Waals surface area contributed by atoms with Crippen LogP contribution in [0.5, 0.6) is 0 Å². The molecule has 0 amide bonds. The van der Waals surface area contributed by atoms with Crippen LogP contribution >= 0.6 is 0 Å². The molecule has 15 heavy (non-hydrogen) atoms. The molecule has 0 heterocycles. The van der Waals surface area contributed by atoms with E-state index in [2.05, 4.69) is 46.2 Å². The molecule has 0 saturated heterocycles. The first kappa shape index (κ1) is 14.5. The van der Waals surface area contributed by atoms with Gasteiger partial charge in [0.25, 0.3) is 0 Å². The Labute approximate surface area is 96.6 Å². The first-order chi connectivity index (χ1) is 7.02. The summed E-state index contributed by atoms with van der Waals surface area (Å²) in [5.41, 5.74) is 1.27. The Morgan fingerprint density at radius 1 is 1.13 bits per heavy atom. The van der Waals surface area contributed by atoms with Crippen molar-refractivity contribution in [1.82, 2.24) is 4.90 Å². The molecule has 0 fully saturated rings. The van der Waals surface area contributed by atoms with Crippen molar-refractivity contribution in [2.24, 2.45) is 11.8 Å². The second-order valence-corrected chi connectivity index (χ2v) is 4.97. The molecule has 0 aromatic carbocycles. The van der Waals surface area contributed by atoms with Gasteiger partial charge >= 0.3 is 0 Å². The molecular formula is C14H29N. The quantitative estimate of drug-likeness (QED) is 0.578. The lowest BCUT2D eigenvalue weighted by molar-refractivity contribution is 0.285. The van der Waals surface area contributed by atoms with Crippen molar-refractivity contribution in [2.75, 3.05) is 13.6 Å². The van der Waals surface area contributed by atoms with Gasteiger partial charge in [0.15, 0.2) is 0 Å². The molecule has 0 aliphatic rings. The van der Waals surface area contributed by atoms with E-state index in [1.807, 2.05) is 0 Å². The predicted molar refractivity (Wildman–Crippen MR) is 69.9 cm³/mol. The molecule has 0 radical (unpaired) electrons. The molecule has 0 aromatic heterocycles. The van der Waals surface area contributed by atoms with Gasteiger partial charge in [0, 0.05) is 19.3 Å². The average molecular weight is 211 g/mol. The zero-order chi connectivity index (χ0) is 11.8. The Morgan fingerprint density at radius 3 is 1.93 bits per heavy atom.